The first-order valence-corrected chi connectivity index (χ1v) is 8.78. The van der Waals surface area contributed by atoms with Crippen molar-refractivity contribution in [3.63, 3.8) is 0 Å². The van der Waals surface area contributed by atoms with Gasteiger partial charge in [0, 0.05) is 24.5 Å². The van der Waals surface area contributed by atoms with Gasteiger partial charge in [0.1, 0.15) is 0 Å². The fourth-order valence-corrected chi connectivity index (χ4v) is 4.39. The Morgan fingerprint density at radius 2 is 2.20 bits per heavy atom. The van der Waals surface area contributed by atoms with Crippen LogP contribution in [0.4, 0.5) is 0 Å². The lowest BCUT2D eigenvalue weighted by molar-refractivity contribution is -0.131. The molecule has 0 radical (unpaired) electrons. The monoisotopic (exact) mass is 315 g/mol. The second-order valence-corrected chi connectivity index (χ2v) is 7.86. The molecule has 110 valence electrons. The lowest BCUT2D eigenvalue weighted by Crippen LogP contribution is -2.37. The van der Waals surface area contributed by atoms with E-state index in [4.69, 9.17) is 11.6 Å². The van der Waals surface area contributed by atoms with Gasteiger partial charge in [0.15, 0.2) is 9.84 Å². The predicted molar refractivity (Wildman–Crippen MR) is 79.6 cm³/mol. The quantitative estimate of drug-likeness (QED) is 0.853. The van der Waals surface area contributed by atoms with E-state index in [1.165, 1.54) is 0 Å². The topological polar surface area (TPSA) is 54.5 Å². The molecule has 0 saturated carbocycles. The molecule has 1 aliphatic heterocycles. The van der Waals surface area contributed by atoms with Crippen molar-refractivity contribution in [1.82, 2.24) is 4.90 Å². The molecule has 1 aliphatic rings. The fourth-order valence-electron chi connectivity index (χ4n) is 2.40. The fraction of sp³-hybridized carbons (Fsp3) is 0.500. The number of rotatable bonds is 4. The second kappa shape index (κ2) is 6.14. The molecular weight excluding hydrogens is 298 g/mol. The summed E-state index contributed by atoms with van der Waals surface area (Å²) >= 11 is 5.90. The number of nitrogens with zero attached hydrogens (tertiary/aromatic N) is 1. The van der Waals surface area contributed by atoms with E-state index in [2.05, 4.69) is 0 Å². The Labute approximate surface area is 124 Å². The minimum Gasteiger partial charge on any atom is -0.342 e. The van der Waals surface area contributed by atoms with Gasteiger partial charge >= 0.3 is 0 Å². The van der Waals surface area contributed by atoms with E-state index in [1.54, 1.807) is 18.0 Å². The molecule has 1 atom stereocenters. The largest absolute Gasteiger partial charge is 0.342 e. The number of carbonyl (C=O) groups is 1. The number of benzene rings is 1. The van der Waals surface area contributed by atoms with Crippen molar-refractivity contribution >= 4 is 27.3 Å². The predicted octanol–water partition coefficient (Wildman–Crippen LogP) is 1.92. The summed E-state index contributed by atoms with van der Waals surface area (Å²) in [7, 11) is -1.27. The summed E-state index contributed by atoms with van der Waals surface area (Å²) in [5.74, 6) is 0.253. The maximum atomic E-state index is 12.1. The van der Waals surface area contributed by atoms with Crippen LogP contribution in [0, 0.1) is 0 Å². The molecule has 2 rings (SSSR count). The smallest absolute Gasteiger partial charge is 0.222 e. The standard InChI is InChI=1S/C14H18ClNO3S/c1-16(13-7-8-20(18,19)10-13)14(17)6-5-11-3-2-4-12(15)9-11/h2-4,9,13H,5-8,10H2,1H3. The van der Waals surface area contributed by atoms with Gasteiger partial charge in [-0.1, -0.05) is 23.7 Å². The van der Waals surface area contributed by atoms with Gasteiger partial charge in [0.25, 0.3) is 0 Å². The lowest BCUT2D eigenvalue weighted by Gasteiger charge is -2.23. The summed E-state index contributed by atoms with van der Waals surface area (Å²) in [5.41, 5.74) is 1.01. The molecule has 1 aromatic carbocycles. The van der Waals surface area contributed by atoms with Crippen LogP contribution in [0.5, 0.6) is 0 Å². The van der Waals surface area contributed by atoms with Crippen molar-refractivity contribution in [2.24, 2.45) is 0 Å². The molecular formula is C14H18ClNO3S. The number of hydrogen-bond donors (Lipinski definition) is 0. The SMILES string of the molecule is CN(C(=O)CCc1cccc(Cl)c1)C1CCS(=O)(=O)C1. The van der Waals surface area contributed by atoms with Crippen molar-refractivity contribution in [3.05, 3.63) is 34.9 Å². The minimum absolute atomic E-state index is 0.0212. The molecule has 0 aliphatic carbocycles. The summed E-state index contributed by atoms with van der Waals surface area (Å²) in [5, 5.41) is 0.658. The summed E-state index contributed by atoms with van der Waals surface area (Å²) < 4.78 is 22.9. The van der Waals surface area contributed by atoms with Crippen LogP contribution in [0.1, 0.15) is 18.4 Å². The normalized spacial score (nSPS) is 20.8. The highest BCUT2D eigenvalue weighted by Gasteiger charge is 2.32. The summed E-state index contributed by atoms with van der Waals surface area (Å²) in [6.45, 7) is 0. The van der Waals surface area contributed by atoms with Crippen LogP contribution >= 0.6 is 11.6 Å². The van der Waals surface area contributed by atoms with E-state index in [0.29, 0.717) is 24.3 Å². The Morgan fingerprint density at radius 3 is 2.80 bits per heavy atom. The lowest BCUT2D eigenvalue weighted by atomic mass is 10.1. The van der Waals surface area contributed by atoms with Gasteiger partial charge in [0.05, 0.1) is 11.5 Å². The highest BCUT2D eigenvalue weighted by atomic mass is 35.5. The zero-order valence-corrected chi connectivity index (χ0v) is 13.0. The van der Waals surface area contributed by atoms with E-state index in [9.17, 15) is 13.2 Å². The molecule has 1 heterocycles. The molecule has 0 spiro atoms. The number of amides is 1. The summed E-state index contributed by atoms with van der Waals surface area (Å²) in [6.07, 6.45) is 1.53. The zero-order chi connectivity index (χ0) is 14.8. The van der Waals surface area contributed by atoms with Crippen molar-refractivity contribution in [2.45, 2.75) is 25.3 Å². The third-order valence-corrected chi connectivity index (χ3v) is 5.65. The second-order valence-electron chi connectivity index (χ2n) is 5.19. The van der Waals surface area contributed by atoms with Gasteiger partial charge in [0.2, 0.25) is 5.91 Å². The van der Waals surface area contributed by atoms with Crippen molar-refractivity contribution in [2.75, 3.05) is 18.6 Å². The molecule has 0 aromatic heterocycles. The summed E-state index contributed by atoms with van der Waals surface area (Å²) in [4.78, 5) is 13.7. The Bertz CT molecular complexity index is 600. The number of hydrogen-bond acceptors (Lipinski definition) is 3. The van der Waals surface area contributed by atoms with Crippen molar-refractivity contribution in [3.8, 4) is 0 Å². The molecule has 0 bridgehead atoms. The van der Waals surface area contributed by atoms with E-state index in [0.717, 1.165) is 5.56 Å². The molecule has 1 saturated heterocycles. The van der Waals surface area contributed by atoms with E-state index < -0.39 is 9.84 Å². The Morgan fingerprint density at radius 1 is 1.45 bits per heavy atom. The zero-order valence-electron chi connectivity index (χ0n) is 11.4. The van der Waals surface area contributed by atoms with E-state index >= 15 is 0 Å². The molecule has 1 unspecified atom stereocenters. The van der Waals surface area contributed by atoms with Crippen LogP contribution in [0.25, 0.3) is 0 Å². The maximum absolute atomic E-state index is 12.1. The summed E-state index contributed by atoms with van der Waals surface area (Å²) in [6, 6.07) is 7.25. The number of halogens is 1. The highest BCUT2D eigenvalue weighted by molar-refractivity contribution is 7.91. The Hall–Kier alpha value is -1.07. The third kappa shape index (κ3) is 3.96. The number of carbonyl (C=O) groups excluding carboxylic acids is 1. The van der Waals surface area contributed by atoms with Crippen LogP contribution in [-0.4, -0.2) is 43.8 Å². The van der Waals surface area contributed by atoms with Crippen LogP contribution in [0.2, 0.25) is 5.02 Å². The van der Waals surface area contributed by atoms with Gasteiger partial charge in [-0.3, -0.25) is 4.79 Å². The highest BCUT2D eigenvalue weighted by Crippen LogP contribution is 2.18. The number of sulfone groups is 1. The van der Waals surface area contributed by atoms with Crippen molar-refractivity contribution < 1.29 is 13.2 Å². The minimum atomic E-state index is -2.96. The van der Waals surface area contributed by atoms with Gasteiger partial charge in [-0.25, -0.2) is 8.42 Å². The average molecular weight is 316 g/mol. The third-order valence-electron chi connectivity index (χ3n) is 3.67. The first kappa shape index (κ1) is 15.3. The first-order valence-electron chi connectivity index (χ1n) is 6.58. The molecule has 1 amide bonds. The van der Waals surface area contributed by atoms with Crippen LogP contribution < -0.4 is 0 Å². The van der Waals surface area contributed by atoms with Gasteiger partial charge in [-0.2, -0.15) is 0 Å². The van der Waals surface area contributed by atoms with Gasteiger partial charge < -0.3 is 4.90 Å². The van der Waals surface area contributed by atoms with Gasteiger partial charge in [-0.15, -0.1) is 0 Å². The Kier molecular flexibility index (Phi) is 4.70. The van der Waals surface area contributed by atoms with E-state index in [-0.39, 0.29) is 23.5 Å². The van der Waals surface area contributed by atoms with Gasteiger partial charge in [-0.05, 0) is 30.5 Å². The van der Waals surface area contributed by atoms with E-state index in [1.807, 2.05) is 18.2 Å². The molecule has 1 aromatic rings. The molecule has 4 nitrogen and oxygen atoms in total. The van der Waals surface area contributed by atoms with Crippen LogP contribution in [0.3, 0.4) is 0 Å². The maximum Gasteiger partial charge on any atom is 0.222 e. The molecule has 20 heavy (non-hydrogen) atoms. The first-order chi connectivity index (χ1) is 9.37. The average Bonchev–Trinajstić information content (AvgIpc) is 2.75. The van der Waals surface area contributed by atoms with Crippen molar-refractivity contribution in [1.29, 1.82) is 0 Å². The molecule has 0 N–H and O–H groups in total. The van der Waals surface area contributed by atoms with Crippen LogP contribution in [0.15, 0.2) is 24.3 Å². The Balaban J connectivity index is 1.89. The molecule has 1 fully saturated rings. The number of aryl methyl sites for hydroxylation is 1. The molecule has 6 heteroatoms. The van der Waals surface area contributed by atoms with Crippen LogP contribution in [-0.2, 0) is 21.1 Å².